The Morgan fingerprint density at radius 2 is 1.65 bits per heavy atom. The molecule has 3 heteroatoms. The van der Waals surface area contributed by atoms with Crippen molar-refractivity contribution >= 4 is 16.7 Å². The molecule has 23 heavy (non-hydrogen) atoms. The second-order valence-electron chi connectivity index (χ2n) is 6.42. The smallest absolute Gasteiger partial charge is 0.223 e. The van der Waals surface area contributed by atoms with E-state index in [4.69, 9.17) is 4.74 Å². The first-order valence-corrected chi connectivity index (χ1v) is 8.42. The van der Waals surface area contributed by atoms with Crippen molar-refractivity contribution in [3.05, 3.63) is 42.5 Å². The lowest BCUT2D eigenvalue weighted by Crippen LogP contribution is -2.42. The van der Waals surface area contributed by atoms with E-state index < -0.39 is 0 Å². The van der Waals surface area contributed by atoms with E-state index in [1.165, 1.54) is 5.39 Å². The summed E-state index contributed by atoms with van der Waals surface area (Å²) in [5.74, 6) is 1.09. The van der Waals surface area contributed by atoms with Crippen LogP contribution >= 0.6 is 0 Å². The van der Waals surface area contributed by atoms with Crippen LogP contribution in [0.3, 0.4) is 0 Å². The van der Waals surface area contributed by atoms with Gasteiger partial charge >= 0.3 is 0 Å². The average molecular weight is 313 g/mol. The molecule has 0 saturated carbocycles. The summed E-state index contributed by atoms with van der Waals surface area (Å²) in [6, 6.07) is 14.7. The third-order valence-electron chi connectivity index (χ3n) is 3.94. The molecule has 124 valence electrons. The zero-order chi connectivity index (χ0) is 16.8. The van der Waals surface area contributed by atoms with Crippen LogP contribution < -0.4 is 4.74 Å². The van der Waals surface area contributed by atoms with Crippen LogP contribution in [0.5, 0.6) is 5.75 Å². The van der Waals surface area contributed by atoms with Crippen molar-refractivity contribution in [2.45, 2.75) is 52.6 Å². The normalized spacial score (nSPS) is 11.2. The van der Waals surface area contributed by atoms with E-state index in [2.05, 4.69) is 45.9 Å². The first kappa shape index (κ1) is 17.3. The second kappa shape index (κ2) is 8.00. The molecular weight excluding hydrogens is 286 g/mol. The monoisotopic (exact) mass is 313 g/mol. The zero-order valence-electron chi connectivity index (χ0n) is 14.6. The van der Waals surface area contributed by atoms with Crippen molar-refractivity contribution in [1.82, 2.24) is 4.90 Å². The Labute approximate surface area is 139 Å². The highest BCUT2D eigenvalue weighted by molar-refractivity contribution is 5.88. The van der Waals surface area contributed by atoms with Gasteiger partial charge < -0.3 is 9.64 Å². The van der Waals surface area contributed by atoms with Gasteiger partial charge in [-0.2, -0.15) is 0 Å². The van der Waals surface area contributed by atoms with Crippen molar-refractivity contribution in [2.75, 3.05) is 6.61 Å². The van der Waals surface area contributed by atoms with Gasteiger partial charge in [0.15, 0.2) is 0 Å². The number of fused-ring (bicyclic) bond motifs is 1. The van der Waals surface area contributed by atoms with Crippen LogP contribution in [0.25, 0.3) is 10.8 Å². The van der Waals surface area contributed by atoms with Gasteiger partial charge in [0.1, 0.15) is 5.75 Å². The largest absolute Gasteiger partial charge is 0.493 e. The van der Waals surface area contributed by atoms with Crippen LogP contribution in [0.2, 0.25) is 0 Å². The Balaban J connectivity index is 1.89. The lowest BCUT2D eigenvalue weighted by molar-refractivity contribution is -0.135. The number of hydrogen-bond acceptors (Lipinski definition) is 2. The minimum atomic E-state index is 0.205. The molecule has 1 amide bonds. The van der Waals surface area contributed by atoms with Gasteiger partial charge in [-0.15, -0.1) is 0 Å². The molecule has 0 spiro atoms. The molecular formula is C20H27NO2. The molecule has 2 aromatic rings. The number of nitrogens with zero attached hydrogens (tertiary/aromatic N) is 1. The summed E-state index contributed by atoms with van der Waals surface area (Å²) < 4.78 is 5.90. The van der Waals surface area contributed by atoms with E-state index in [-0.39, 0.29) is 18.0 Å². The van der Waals surface area contributed by atoms with Crippen molar-refractivity contribution < 1.29 is 9.53 Å². The zero-order valence-corrected chi connectivity index (χ0v) is 14.6. The molecule has 0 heterocycles. The predicted molar refractivity (Wildman–Crippen MR) is 95.8 cm³/mol. The van der Waals surface area contributed by atoms with Crippen LogP contribution in [0.15, 0.2) is 42.5 Å². The number of hydrogen-bond donors (Lipinski definition) is 0. The van der Waals surface area contributed by atoms with Gasteiger partial charge in [0.05, 0.1) is 6.61 Å². The predicted octanol–water partition coefficient (Wildman–Crippen LogP) is 4.64. The van der Waals surface area contributed by atoms with Crippen molar-refractivity contribution in [3.8, 4) is 5.75 Å². The van der Waals surface area contributed by atoms with Crippen LogP contribution in [-0.2, 0) is 4.79 Å². The molecule has 0 aliphatic rings. The van der Waals surface area contributed by atoms with E-state index in [0.717, 1.165) is 17.6 Å². The summed E-state index contributed by atoms with van der Waals surface area (Å²) in [6.45, 7) is 8.80. The number of carbonyl (C=O) groups excluding carboxylic acids is 1. The third-order valence-corrected chi connectivity index (χ3v) is 3.94. The molecule has 0 fully saturated rings. The van der Waals surface area contributed by atoms with Gasteiger partial charge in [-0.25, -0.2) is 0 Å². The van der Waals surface area contributed by atoms with Crippen molar-refractivity contribution in [3.63, 3.8) is 0 Å². The number of amides is 1. The van der Waals surface area contributed by atoms with Gasteiger partial charge in [0, 0.05) is 23.9 Å². The van der Waals surface area contributed by atoms with E-state index >= 15 is 0 Å². The van der Waals surface area contributed by atoms with E-state index in [9.17, 15) is 4.79 Å². The third kappa shape index (κ3) is 4.47. The maximum atomic E-state index is 12.3. The van der Waals surface area contributed by atoms with E-state index in [1.807, 2.05) is 29.2 Å². The first-order valence-electron chi connectivity index (χ1n) is 8.42. The van der Waals surface area contributed by atoms with E-state index in [0.29, 0.717) is 13.0 Å². The summed E-state index contributed by atoms with van der Waals surface area (Å²) in [5, 5.41) is 2.29. The minimum absolute atomic E-state index is 0.205. The number of rotatable bonds is 7. The quantitative estimate of drug-likeness (QED) is 0.697. The summed E-state index contributed by atoms with van der Waals surface area (Å²) in [7, 11) is 0. The highest BCUT2D eigenvalue weighted by atomic mass is 16.5. The van der Waals surface area contributed by atoms with Crippen LogP contribution in [0, 0.1) is 0 Å². The Morgan fingerprint density at radius 3 is 2.35 bits per heavy atom. The highest BCUT2D eigenvalue weighted by Gasteiger charge is 2.19. The Bertz CT molecular complexity index is 636. The van der Waals surface area contributed by atoms with Gasteiger partial charge in [-0.05, 0) is 45.6 Å². The minimum Gasteiger partial charge on any atom is -0.493 e. The summed E-state index contributed by atoms with van der Waals surface area (Å²) in [6.07, 6.45) is 1.26. The van der Waals surface area contributed by atoms with Gasteiger partial charge in [0.25, 0.3) is 0 Å². The Hall–Kier alpha value is -2.03. The number of benzene rings is 2. The van der Waals surface area contributed by atoms with Crippen LogP contribution in [-0.4, -0.2) is 29.5 Å². The van der Waals surface area contributed by atoms with Gasteiger partial charge in [-0.3, -0.25) is 4.79 Å². The van der Waals surface area contributed by atoms with Gasteiger partial charge in [-0.1, -0.05) is 36.4 Å². The molecule has 3 nitrogen and oxygen atoms in total. The Morgan fingerprint density at radius 1 is 1.00 bits per heavy atom. The molecule has 0 atom stereocenters. The molecule has 0 bridgehead atoms. The molecule has 0 aromatic heterocycles. The molecule has 0 aliphatic carbocycles. The average Bonchev–Trinajstić information content (AvgIpc) is 2.51. The van der Waals surface area contributed by atoms with Gasteiger partial charge in [0.2, 0.25) is 5.91 Å². The van der Waals surface area contributed by atoms with Crippen molar-refractivity contribution in [1.29, 1.82) is 0 Å². The fourth-order valence-electron chi connectivity index (χ4n) is 3.03. The summed E-state index contributed by atoms with van der Waals surface area (Å²) >= 11 is 0. The van der Waals surface area contributed by atoms with Crippen LogP contribution in [0.1, 0.15) is 40.5 Å². The highest BCUT2D eigenvalue weighted by Crippen LogP contribution is 2.25. The molecule has 2 rings (SSSR count). The molecule has 2 aromatic carbocycles. The number of carbonyl (C=O) groups is 1. The maximum absolute atomic E-state index is 12.3. The molecule has 0 unspecified atom stereocenters. The lowest BCUT2D eigenvalue weighted by Gasteiger charge is -2.30. The fourth-order valence-corrected chi connectivity index (χ4v) is 3.03. The second-order valence-corrected chi connectivity index (χ2v) is 6.42. The fraction of sp³-hybridized carbons (Fsp3) is 0.450. The molecule has 0 saturated heterocycles. The maximum Gasteiger partial charge on any atom is 0.223 e. The van der Waals surface area contributed by atoms with E-state index in [1.54, 1.807) is 0 Å². The molecule has 0 aliphatic heterocycles. The Kier molecular flexibility index (Phi) is 6.03. The van der Waals surface area contributed by atoms with Crippen LogP contribution in [0.4, 0.5) is 0 Å². The summed E-state index contributed by atoms with van der Waals surface area (Å²) in [4.78, 5) is 14.3. The first-order chi connectivity index (χ1) is 11.0. The summed E-state index contributed by atoms with van der Waals surface area (Å²) in [5.41, 5.74) is 0. The SMILES string of the molecule is CC(C)N(C(=O)CCCOc1cccc2ccccc12)C(C)C. The lowest BCUT2D eigenvalue weighted by atomic mass is 10.1. The van der Waals surface area contributed by atoms with Crippen molar-refractivity contribution in [2.24, 2.45) is 0 Å². The topological polar surface area (TPSA) is 29.5 Å². The molecule has 0 radical (unpaired) electrons. The molecule has 0 N–H and O–H groups in total. The number of ether oxygens (including phenoxy) is 1. The standard InChI is InChI=1S/C20H27NO2/c1-15(2)21(16(3)4)20(22)13-8-14-23-19-12-7-10-17-9-5-6-11-18(17)19/h5-7,9-12,15-16H,8,13-14H2,1-4H3.